The highest BCUT2D eigenvalue weighted by Crippen LogP contribution is 2.37. The maximum Gasteiger partial charge on any atom is 0.227 e. The zero-order valence-electron chi connectivity index (χ0n) is 13.9. The first kappa shape index (κ1) is 16.4. The lowest BCUT2D eigenvalue weighted by Crippen LogP contribution is -2.32. The van der Waals surface area contributed by atoms with Crippen molar-refractivity contribution in [3.8, 4) is 0 Å². The quantitative estimate of drug-likeness (QED) is 0.891. The van der Waals surface area contributed by atoms with E-state index in [0.717, 1.165) is 16.9 Å². The minimum absolute atomic E-state index is 0.0237. The molecule has 24 heavy (non-hydrogen) atoms. The molecule has 2 atom stereocenters. The van der Waals surface area contributed by atoms with Crippen LogP contribution in [0.25, 0.3) is 0 Å². The summed E-state index contributed by atoms with van der Waals surface area (Å²) in [6, 6.07) is 9.01. The van der Waals surface area contributed by atoms with Crippen molar-refractivity contribution >= 4 is 17.3 Å². The number of hydrogen-bond acceptors (Lipinski definition) is 2. The van der Waals surface area contributed by atoms with E-state index in [1.807, 2.05) is 25.1 Å². The van der Waals surface area contributed by atoms with Crippen LogP contribution < -0.4 is 10.2 Å². The van der Waals surface area contributed by atoms with Crippen LogP contribution in [0.3, 0.4) is 0 Å². The average Bonchev–Trinajstić information content (AvgIpc) is 2.52. The first-order valence-corrected chi connectivity index (χ1v) is 7.99. The number of halogens is 2. The number of nitrogens with zero attached hydrogens (tertiary/aromatic N) is 1. The fraction of sp³-hybridized carbons (Fsp3) is 0.316. The largest absolute Gasteiger partial charge is 0.378 e. The van der Waals surface area contributed by atoms with E-state index in [-0.39, 0.29) is 17.4 Å². The molecule has 1 N–H and O–H groups in total. The Morgan fingerprint density at radius 1 is 1.21 bits per heavy atom. The van der Waals surface area contributed by atoms with Crippen molar-refractivity contribution in [1.29, 1.82) is 0 Å². The fourth-order valence-corrected chi connectivity index (χ4v) is 3.23. The van der Waals surface area contributed by atoms with Gasteiger partial charge in [-0.05, 0) is 48.7 Å². The first-order valence-electron chi connectivity index (χ1n) is 7.99. The molecule has 0 saturated carbocycles. The zero-order valence-corrected chi connectivity index (χ0v) is 13.9. The minimum atomic E-state index is -0.563. The summed E-state index contributed by atoms with van der Waals surface area (Å²) in [6.07, 6.45) is 0.463. The van der Waals surface area contributed by atoms with Gasteiger partial charge in [0.2, 0.25) is 5.91 Å². The molecule has 1 amide bonds. The van der Waals surface area contributed by atoms with Crippen LogP contribution in [0.15, 0.2) is 36.4 Å². The van der Waals surface area contributed by atoms with E-state index in [2.05, 4.69) is 5.32 Å². The summed E-state index contributed by atoms with van der Waals surface area (Å²) < 4.78 is 27.8. The maximum atomic E-state index is 13.9. The predicted octanol–water partition coefficient (Wildman–Crippen LogP) is 4.61. The third kappa shape index (κ3) is 2.86. The highest BCUT2D eigenvalue weighted by Gasteiger charge is 2.26. The molecule has 2 aromatic rings. The monoisotopic (exact) mass is 330 g/mol. The summed E-state index contributed by atoms with van der Waals surface area (Å²) in [4.78, 5) is 13.6. The molecule has 3 nitrogen and oxygen atoms in total. The lowest BCUT2D eigenvalue weighted by molar-refractivity contribution is -0.119. The second kappa shape index (κ2) is 6.23. The Bertz CT molecular complexity index is 771. The molecule has 0 radical (unpaired) electrons. The summed E-state index contributed by atoms with van der Waals surface area (Å²) in [6.45, 7) is 3.73. The maximum absolute atomic E-state index is 13.9. The van der Waals surface area contributed by atoms with Crippen molar-refractivity contribution < 1.29 is 13.6 Å². The molecule has 0 aromatic heterocycles. The number of nitrogens with one attached hydrogen (secondary N) is 1. The smallest absolute Gasteiger partial charge is 0.227 e. The molecule has 1 aliphatic heterocycles. The topological polar surface area (TPSA) is 32.3 Å². The second-order valence-electron chi connectivity index (χ2n) is 6.33. The van der Waals surface area contributed by atoms with Gasteiger partial charge in [-0.3, -0.25) is 4.79 Å². The van der Waals surface area contributed by atoms with Gasteiger partial charge < -0.3 is 10.2 Å². The lowest BCUT2D eigenvalue weighted by atomic mass is 9.91. The van der Waals surface area contributed by atoms with E-state index in [9.17, 15) is 13.6 Å². The summed E-state index contributed by atoms with van der Waals surface area (Å²) in [5, 5.41) is 3.15. The van der Waals surface area contributed by atoms with Gasteiger partial charge in [0.25, 0.3) is 0 Å². The van der Waals surface area contributed by atoms with Crippen LogP contribution in [0.1, 0.15) is 43.4 Å². The molecule has 1 heterocycles. The average molecular weight is 330 g/mol. The molecule has 0 spiro atoms. The number of benzene rings is 2. The number of hydrogen-bond donors (Lipinski definition) is 1. The number of anilines is 2. The number of rotatable bonds is 3. The molecule has 2 aromatic carbocycles. The van der Waals surface area contributed by atoms with Crippen LogP contribution in [-0.4, -0.2) is 13.0 Å². The van der Waals surface area contributed by atoms with Crippen molar-refractivity contribution in [3.63, 3.8) is 0 Å². The Hall–Kier alpha value is -2.43. The van der Waals surface area contributed by atoms with Crippen molar-refractivity contribution in [2.24, 2.45) is 0 Å². The summed E-state index contributed by atoms with van der Waals surface area (Å²) in [7, 11) is 1.76. The van der Waals surface area contributed by atoms with E-state index in [0.29, 0.717) is 6.42 Å². The van der Waals surface area contributed by atoms with Gasteiger partial charge in [0.15, 0.2) is 0 Å². The van der Waals surface area contributed by atoms with E-state index in [4.69, 9.17) is 0 Å². The summed E-state index contributed by atoms with van der Waals surface area (Å²) in [5.41, 5.74) is 2.74. The zero-order chi connectivity index (χ0) is 17.4. The number of carbonyl (C=O) groups is 1. The summed E-state index contributed by atoms with van der Waals surface area (Å²) >= 11 is 0. The van der Waals surface area contributed by atoms with Gasteiger partial charge in [-0.2, -0.15) is 0 Å². The van der Waals surface area contributed by atoms with Gasteiger partial charge in [-0.1, -0.05) is 13.0 Å². The molecule has 5 heteroatoms. The van der Waals surface area contributed by atoms with E-state index >= 15 is 0 Å². The van der Waals surface area contributed by atoms with Crippen LogP contribution in [0.4, 0.5) is 20.2 Å². The Balaban J connectivity index is 1.89. The lowest BCUT2D eigenvalue weighted by Gasteiger charge is -2.30. The molecule has 3 rings (SSSR count). The predicted molar refractivity (Wildman–Crippen MR) is 91.3 cm³/mol. The number of carbonyl (C=O) groups excluding carboxylic acids is 1. The van der Waals surface area contributed by atoms with Crippen LogP contribution in [0.2, 0.25) is 0 Å². The molecule has 126 valence electrons. The standard InChI is InChI=1S/C19H20F2N2O/c1-11-9-18(24)23(3)17-8-7-13(10-14(11)17)22-12(2)19-15(20)5-4-6-16(19)21/h4-8,10-12,22H,9H2,1-3H3. The summed E-state index contributed by atoms with van der Waals surface area (Å²) in [5.74, 6) is -0.915. The van der Waals surface area contributed by atoms with Gasteiger partial charge in [0, 0.05) is 30.4 Å². The van der Waals surface area contributed by atoms with Crippen LogP contribution >= 0.6 is 0 Å². The van der Waals surface area contributed by atoms with E-state index in [1.54, 1.807) is 18.9 Å². The second-order valence-corrected chi connectivity index (χ2v) is 6.33. The molecule has 0 saturated heterocycles. The minimum Gasteiger partial charge on any atom is -0.378 e. The molecule has 0 fully saturated rings. The Morgan fingerprint density at radius 3 is 2.54 bits per heavy atom. The first-order chi connectivity index (χ1) is 11.4. The van der Waals surface area contributed by atoms with Gasteiger partial charge in [-0.25, -0.2) is 8.78 Å². The van der Waals surface area contributed by atoms with Gasteiger partial charge >= 0.3 is 0 Å². The SMILES string of the molecule is CC1CC(=O)N(C)c2ccc(NC(C)c3c(F)cccc3F)cc21. The molecular formula is C19H20F2N2O. The molecular weight excluding hydrogens is 310 g/mol. The van der Waals surface area contributed by atoms with Crippen LogP contribution in [0.5, 0.6) is 0 Å². The molecule has 1 aliphatic rings. The van der Waals surface area contributed by atoms with Crippen LogP contribution in [-0.2, 0) is 4.79 Å². The molecule has 2 unspecified atom stereocenters. The van der Waals surface area contributed by atoms with E-state index < -0.39 is 17.7 Å². The highest BCUT2D eigenvalue weighted by molar-refractivity contribution is 5.97. The van der Waals surface area contributed by atoms with Crippen LogP contribution in [0, 0.1) is 11.6 Å². The number of amides is 1. The van der Waals surface area contributed by atoms with Gasteiger partial charge in [0.1, 0.15) is 11.6 Å². The molecule has 0 bridgehead atoms. The number of fused-ring (bicyclic) bond motifs is 1. The third-order valence-electron chi connectivity index (χ3n) is 4.59. The fourth-order valence-electron chi connectivity index (χ4n) is 3.23. The van der Waals surface area contributed by atoms with Crippen molar-refractivity contribution in [2.45, 2.75) is 32.2 Å². The van der Waals surface area contributed by atoms with Crippen molar-refractivity contribution in [1.82, 2.24) is 0 Å². The Kier molecular flexibility index (Phi) is 4.26. The van der Waals surface area contributed by atoms with Crippen molar-refractivity contribution in [3.05, 3.63) is 59.2 Å². The van der Waals surface area contributed by atoms with Gasteiger partial charge in [-0.15, -0.1) is 0 Å². The Morgan fingerprint density at radius 2 is 1.88 bits per heavy atom. The third-order valence-corrected chi connectivity index (χ3v) is 4.59. The van der Waals surface area contributed by atoms with Crippen molar-refractivity contribution in [2.75, 3.05) is 17.3 Å². The van der Waals surface area contributed by atoms with E-state index in [1.165, 1.54) is 18.2 Å². The normalized spacial score (nSPS) is 18.3. The Labute approximate surface area is 140 Å². The van der Waals surface area contributed by atoms with Gasteiger partial charge in [0.05, 0.1) is 6.04 Å². The highest BCUT2D eigenvalue weighted by atomic mass is 19.1. The molecule has 0 aliphatic carbocycles.